The minimum atomic E-state index is -0.826. The van der Waals surface area contributed by atoms with Gasteiger partial charge in [-0.2, -0.15) is 10.5 Å². The van der Waals surface area contributed by atoms with E-state index < -0.39 is 12.0 Å². The van der Waals surface area contributed by atoms with Gasteiger partial charge in [0, 0.05) is 12.1 Å². The summed E-state index contributed by atoms with van der Waals surface area (Å²) in [4.78, 5) is 13.8. The SMILES string of the molecule is N#CCOc1cc(C=Cc2cccc(-c3ccccc3)c2C#N)c(CN2CCCCC2C(=O)O)cc1Cl. The highest BCUT2D eigenvalue weighted by Gasteiger charge is 2.29. The molecule has 186 valence electrons. The number of halogens is 1. The Morgan fingerprint density at radius 3 is 2.59 bits per heavy atom. The molecule has 1 aliphatic heterocycles. The minimum Gasteiger partial charge on any atom is -0.480 e. The molecule has 7 heteroatoms. The van der Waals surface area contributed by atoms with E-state index in [1.165, 1.54) is 0 Å². The fourth-order valence-electron chi connectivity index (χ4n) is 4.67. The Balaban J connectivity index is 1.73. The number of likely N-dealkylation sites (tertiary alicyclic amines) is 1. The molecule has 0 radical (unpaired) electrons. The Bertz CT molecular complexity index is 1390. The second-order valence-corrected chi connectivity index (χ2v) is 9.24. The van der Waals surface area contributed by atoms with Crippen molar-refractivity contribution in [3.05, 3.63) is 87.9 Å². The monoisotopic (exact) mass is 511 g/mol. The largest absolute Gasteiger partial charge is 0.480 e. The van der Waals surface area contributed by atoms with Crippen molar-refractivity contribution in [1.82, 2.24) is 4.90 Å². The van der Waals surface area contributed by atoms with Gasteiger partial charge in [-0.05, 0) is 53.8 Å². The number of carboxylic acid groups (broad SMARTS) is 1. The molecule has 0 spiro atoms. The van der Waals surface area contributed by atoms with Crippen molar-refractivity contribution in [3.8, 4) is 29.0 Å². The van der Waals surface area contributed by atoms with E-state index in [9.17, 15) is 15.2 Å². The van der Waals surface area contributed by atoms with Crippen molar-refractivity contribution < 1.29 is 14.6 Å². The van der Waals surface area contributed by atoms with Crippen molar-refractivity contribution in [2.45, 2.75) is 31.8 Å². The molecule has 1 saturated heterocycles. The van der Waals surface area contributed by atoms with Gasteiger partial charge in [-0.25, -0.2) is 0 Å². The van der Waals surface area contributed by atoms with Crippen LogP contribution in [-0.2, 0) is 11.3 Å². The first-order valence-corrected chi connectivity index (χ1v) is 12.4. The van der Waals surface area contributed by atoms with Gasteiger partial charge in [0.05, 0.1) is 10.6 Å². The number of nitrogens with zero attached hydrogens (tertiary/aromatic N) is 3. The number of benzene rings is 3. The van der Waals surface area contributed by atoms with Gasteiger partial charge < -0.3 is 9.84 Å². The number of ether oxygens (including phenoxy) is 1. The Labute approximate surface area is 221 Å². The van der Waals surface area contributed by atoms with E-state index >= 15 is 0 Å². The van der Waals surface area contributed by atoms with Crippen LogP contribution in [0.15, 0.2) is 60.7 Å². The molecule has 1 unspecified atom stereocenters. The van der Waals surface area contributed by atoms with Crippen LogP contribution in [0.25, 0.3) is 23.3 Å². The first-order chi connectivity index (χ1) is 18.0. The summed E-state index contributed by atoms with van der Waals surface area (Å²) in [6.07, 6.45) is 6.18. The van der Waals surface area contributed by atoms with Gasteiger partial charge in [-0.1, -0.05) is 78.7 Å². The first kappa shape index (κ1) is 26.0. The van der Waals surface area contributed by atoms with Gasteiger partial charge in [0.2, 0.25) is 0 Å². The summed E-state index contributed by atoms with van der Waals surface area (Å²) in [7, 11) is 0. The third-order valence-electron chi connectivity index (χ3n) is 6.49. The van der Waals surface area contributed by atoms with E-state index in [1.54, 1.807) is 12.1 Å². The van der Waals surface area contributed by atoms with E-state index in [0.29, 0.717) is 35.8 Å². The van der Waals surface area contributed by atoms with E-state index in [2.05, 4.69) is 6.07 Å². The maximum Gasteiger partial charge on any atom is 0.320 e. The van der Waals surface area contributed by atoms with Crippen LogP contribution < -0.4 is 4.74 Å². The Morgan fingerprint density at radius 1 is 1.08 bits per heavy atom. The highest BCUT2D eigenvalue weighted by Crippen LogP contribution is 2.33. The summed E-state index contributed by atoms with van der Waals surface area (Å²) >= 11 is 6.47. The molecule has 0 amide bonds. The second-order valence-electron chi connectivity index (χ2n) is 8.83. The first-order valence-electron chi connectivity index (χ1n) is 12.1. The summed E-state index contributed by atoms with van der Waals surface area (Å²) in [6, 6.07) is 22.7. The van der Waals surface area contributed by atoms with Crippen molar-refractivity contribution >= 4 is 29.7 Å². The normalized spacial score (nSPS) is 15.7. The van der Waals surface area contributed by atoms with E-state index in [4.69, 9.17) is 21.6 Å². The molecule has 6 nitrogen and oxygen atoms in total. The lowest BCUT2D eigenvalue weighted by molar-refractivity contribution is -0.144. The molecule has 4 rings (SSSR count). The van der Waals surface area contributed by atoms with Crippen LogP contribution in [0.5, 0.6) is 5.75 Å². The molecule has 1 N–H and O–H groups in total. The Morgan fingerprint density at radius 2 is 1.86 bits per heavy atom. The van der Waals surface area contributed by atoms with Crippen molar-refractivity contribution in [3.63, 3.8) is 0 Å². The Kier molecular flexibility index (Phi) is 8.59. The second kappa shape index (κ2) is 12.2. The molecule has 3 aromatic carbocycles. The zero-order chi connectivity index (χ0) is 26.2. The summed E-state index contributed by atoms with van der Waals surface area (Å²) in [5.41, 5.74) is 4.74. The van der Waals surface area contributed by atoms with Crippen LogP contribution in [0.2, 0.25) is 5.02 Å². The van der Waals surface area contributed by atoms with Gasteiger partial charge in [-0.3, -0.25) is 9.69 Å². The van der Waals surface area contributed by atoms with Crippen LogP contribution in [0.4, 0.5) is 0 Å². The Hall–Kier alpha value is -4.10. The molecule has 0 aromatic heterocycles. The van der Waals surface area contributed by atoms with Gasteiger partial charge in [0.1, 0.15) is 23.9 Å². The zero-order valence-corrected chi connectivity index (χ0v) is 21.0. The fourth-order valence-corrected chi connectivity index (χ4v) is 4.91. The van der Waals surface area contributed by atoms with E-state index in [-0.39, 0.29) is 6.61 Å². The van der Waals surface area contributed by atoms with Crippen LogP contribution in [-0.4, -0.2) is 35.2 Å². The molecule has 1 atom stereocenters. The van der Waals surface area contributed by atoms with Gasteiger partial charge >= 0.3 is 5.97 Å². The van der Waals surface area contributed by atoms with Crippen LogP contribution in [0, 0.1) is 22.7 Å². The molecule has 37 heavy (non-hydrogen) atoms. The predicted octanol–water partition coefficient (Wildman–Crippen LogP) is 6.39. The quantitative estimate of drug-likeness (QED) is 0.352. The van der Waals surface area contributed by atoms with Crippen molar-refractivity contribution in [2.75, 3.05) is 13.2 Å². The third-order valence-corrected chi connectivity index (χ3v) is 6.79. The number of hydrogen-bond acceptors (Lipinski definition) is 5. The maximum atomic E-state index is 11.8. The standard InChI is InChI=1S/C30H26ClN3O3/c31-27-17-24(20-34-15-5-4-11-28(34)30(35)36)23(18-29(27)37-16-14-32)13-12-22-9-6-10-25(26(22)19-33)21-7-2-1-3-8-21/h1-3,6-10,12-13,17-18,28H,4-5,11,15-16,20H2,(H,35,36). The maximum absolute atomic E-state index is 11.8. The molecule has 0 aliphatic carbocycles. The number of carboxylic acids is 1. The molecule has 0 saturated carbocycles. The van der Waals surface area contributed by atoms with Gasteiger partial charge in [0.15, 0.2) is 6.61 Å². The minimum absolute atomic E-state index is 0.146. The van der Waals surface area contributed by atoms with Gasteiger partial charge in [-0.15, -0.1) is 0 Å². The third kappa shape index (κ3) is 6.19. The lowest BCUT2D eigenvalue weighted by atomic mass is 9.95. The lowest BCUT2D eigenvalue weighted by Gasteiger charge is -2.33. The van der Waals surface area contributed by atoms with E-state index in [0.717, 1.165) is 40.7 Å². The summed E-state index contributed by atoms with van der Waals surface area (Å²) in [6.45, 7) is 0.944. The highest BCUT2D eigenvalue weighted by molar-refractivity contribution is 6.32. The topological polar surface area (TPSA) is 97.4 Å². The average molecular weight is 512 g/mol. The number of carbonyl (C=O) groups is 1. The molecular formula is C30H26ClN3O3. The smallest absolute Gasteiger partial charge is 0.320 e. The molecule has 1 heterocycles. The predicted molar refractivity (Wildman–Crippen MR) is 144 cm³/mol. The van der Waals surface area contributed by atoms with Crippen molar-refractivity contribution in [1.29, 1.82) is 10.5 Å². The highest BCUT2D eigenvalue weighted by atomic mass is 35.5. The molecule has 1 fully saturated rings. The summed E-state index contributed by atoms with van der Waals surface area (Å²) < 4.78 is 5.52. The fraction of sp³-hybridized carbons (Fsp3) is 0.233. The summed E-state index contributed by atoms with van der Waals surface area (Å²) in [5.74, 6) is -0.452. The lowest BCUT2D eigenvalue weighted by Crippen LogP contribution is -2.44. The van der Waals surface area contributed by atoms with Gasteiger partial charge in [0.25, 0.3) is 0 Å². The number of aliphatic carboxylic acids is 1. The average Bonchev–Trinajstić information content (AvgIpc) is 2.92. The molecule has 3 aromatic rings. The van der Waals surface area contributed by atoms with E-state index in [1.807, 2.05) is 71.7 Å². The number of piperidine rings is 1. The van der Waals surface area contributed by atoms with Crippen LogP contribution >= 0.6 is 11.6 Å². The number of hydrogen-bond donors (Lipinski definition) is 1. The molecule has 0 bridgehead atoms. The van der Waals surface area contributed by atoms with Crippen molar-refractivity contribution in [2.24, 2.45) is 0 Å². The molecular weight excluding hydrogens is 486 g/mol. The van der Waals surface area contributed by atoms with Crippen LogP contribution in [0.1, 0.15) is 41.5 Å². The number of rotatable bonds is 8. The van der Waals surface area contributed by atoms with Crippen LogP contribution in [0.3, 0.4) is 0 Å². The zero-order valence-electron chi connectivity index (χ0n) is 20.2. The molecule has 1 aliphatic rings. The summed E-state index contributed by atoms with van der Waals surface area (Å²) in [5, 5.41) is 29.0. The number of nitriles is 2.